The van der Waals surface area contributed by atoms with Crippen LogP contribution in [0.1, 0.15) is 5.69 Å². The molecule has 0 amide bonds. The monoisotopic (exact) mass is 321 g/mol. The number of imidazole rings is 1. The molecule has 6 heteroatoms. The van der Waals surface area contributed by atoms with Crippen molar-refractivity contribution in [1.29, 1.82) is 0 Å². The second kappa shape index (κ2) is 6.18. The van der Waals surface area contributed by atoms with Crippen LogP contribution in [0.5, 0.6) is 0 Å². The van der Waals surface area contributed by atoms with Crippen LogP contribution in [0, 0.1) is 0 Å². The number of aromatic nitrogens is 4. The Bertz CT molecular complexity index is 899. The Morgan fingerprint density at radius 2 is 2.09 bits per heavy atom. The van der Waals surface area contributed by atoms with E-state index in [9.17, 15) is 0 Å². The van der Waals surface area contributed by atoms with Gasteiger partial charge in [0.25, 0.3) is 0 Å². The SMILES string of the molecule is c1ccc(CCNc2nccn3c(-c4ccsc4)cnc23)nc1. The van der Waals surface area contributed by atoms with E-state index in [1.54, 1.807) is 17.5 Å². The molecule has 114 valence electrons. The van der Waals surface area contributed by atoms with Crippen molar-refractivity contribution in [3.05, 3.63) is 65.5 Å². The van der Waals surface area contributed by atoms with E-state index in [2.05, 4.69) is 41.5 Å². The topological polar surface area (TPSA) is 55.1 Å². The van der Waals surface area contributed by atoms with Crippen LogP contribution in [-0.4, -0.2) is 25.9 Å². The molecule has 0 atom stereocenters. The lowest BCUT2D eigenvalue weighted by Crippen LogP contribution is -2.08. The lowest BCUT2D eigenvalue weighted by molar-refractivity contribution is 0.951. The molecule has 1 N–H and O–H groups in total. The highest BCUT2D eigenvalue weighted by atomic mass is 32.1. The second-order valence-corrected chi connectivity index (χ2v) is 5.90. The fraction of sp³-hybridized carbons (Fsp3) is 0.118. The Labute approximate surface area is 137 Å². The first kappa shape index (κ1) is 13.9. The number of hydrogen-bond donors (Lipinski definition) is 1. The van der Waals surface area contributed by atoms with Gasteiger partial charge < -0.3 is 5.32 Å². The normalized spacial score (nSPS) is 11.0. The van der Waals surface area contributed by atoms with E-state index < -0.39 is 0 Å². The molecule has 0 aliphatic rings. The van der Waals surface area contributed by atoms with Gasteiger partial charge in [0.2, 0.25) is 0 Å². The summed E-state index contributed by atoms with van der Waals surface area (Å²) in [6.07, 6.45) is 8.30. The van der Waals surface area contributed by atoms with Crippen molar-refractivity contribution in [3.63, 3.8) is 0 Å². The van der Waals surface area contributed by atoms with Crippen LogP contribution < -0.4 is 5.32 Å². The van der Waals surface area contributed by atoms with E-state index in [1.165, 1.54) is 5.56 Å². The number of nitrogens with one attached hydrogen (secondary N) is 1. The summed E-state index contributed by atoms with van der Waals surface area (Å²) in [5, 5.41) is 7.56. The van der Waals surface area contributed by atoms with Gasteiger partial charge in [0, 0.05) is 48.2 Å². The maximum absolute atomic E-state index is 4.53. The minimum Gasteiger partial charge on any atom is -0.367 e. The molecule has 0 aromatic carbocycles. The second-order valence-electron chi connectivity index (χ2n) is 5.12. The van der Waals surface area contributed by atoms with Gasteiger partial charge in [-0.1, -0.05) is 6.07 Å². The highest BCUT2D eigenvalue weighted by molar-refractivity contribution is 7.08. The number of anilines is 1. The molecule has 4 aromatic rings. The summed E-state index contributed by atoms with van der Waals surface area (Å²) in [4.78, 5) is 13.3. The summed E-state index contributed by atoms with van der Waals surface area (Å²) in [5.41, 5.74) is 4.16. The molecular weight excluding hydrogens is 306 g/mol. The molecule has 0 fully saturated rings. The summed E-state index contributed by atoms with van der Waals surface area (Å²) in [6, 6.07) is 8.06. The molecule has 0 spiro atoms. The molecule has 0 radical (unpaired) electrons. The van der Waals surface area contributed by atoms with Gasteiger partial charge in [-0.25, -0.2) is 9.97 Å². The van der Waals surface area contributed by atoms with Crippen LogP contribution >= 0.6 is 11.3 Å². The van der Waals surface area contributed by atoms with Crippen LogP contribution in [0.25, 0.3) is 16.9 Å². The average Bonchev–Trinajstić information content (AvgIpc) is 3.25. The van der Waals surface area contributed by atoms with Gasteiger partial charge in [0.1, 0.15) is 0 Å². The summed E-state index contributed by atoms with van der Waals surface area (Å²) >= 11 is 1.68. The summed E-state index contributed by atoms with van der Waals surface area (Å²) in [5.74, 6) is 0.796. The molecule has 23 heavy (non-hydrogen) atoms. The zero-order chi connectivity index (χ0) is 15.5. The molecule has 5 nitrogen and oxygen atoms in total. The van der Waals surface area contributed by atoms with Gasteiger partial charge in [-0.15, -0.1) is 0 Å². The van der Waals surface area contributed by atoms with Crippen molar-refractivity contribution in [1.82, 2.24) is 19.4 Å². The number of thiophene rings is 1. The van der Waals surface area contributed by atoms with Crippen molar-refractivity contribution in [3.8, 4) is 11.3 Å². The van der Waals surface area contributed by atoms with Crippen molar-refractivity contribution in [2.45, 2.75) is 6.42 Å². The van der Waals surface area contributed by atoms with Crippen LogP contribution in [0.3, 0.4) is 0 Å². The van der Waals surface area contributed by atoms with Gasteiger partial charge in [-0.05, 0) is 23.6 Å². The highest BCUT2D eigenvalue weighted by Gasteiger charge is 2.10. The number of fused-ring (bicyclic) bond motifs is 1. The molecule has 0 bridgehead atoms. The average molecular weight is 321 g/mol. The first-order chi connectivity index (χ1) is 11.4. The Hall–Kier alpha value is -2.73. The number of rotatable bonds is 5. The number of nitrogens with zero attached hydrogens (tertiary/aromatic N) is 4. The molecule has 0 aliphatic heterocycles. The zero-order valence-electron chi connectivity index (χ0n) is 12.4. The fourth-order valence-electron chi connectivity index (χ4n) is 2.52. The summed E-state index contributed by atoms with van der Waals surface area (Å²) in [6.45, 7) is 0.768. The van der Waals surface area contributed by atoms with Crippen LogP contribution in [-0.2, 0) is 6.42 Å². The van der Waals surface area contributed by atoms with E-state index in [0.29, 0.717) is 0 Å². The molecule has 4 heterocycles. The lowest BCUT2D eigenvalue weighted by Gasteiger charge is -2.07. The third kappa shape index (κ3) is 2.80. The molecule has 0 aliphatic carbocycles. The predicted octanol–water partition coefficient (Wildman–Crippen LogP) is 3.51. The predicted molar refractivity (Wildman–Crippen MR) is 92.7 cm³/mol. The first-order valence-electron chi connectivity index (χ1n) is 7.40. The van der Waals surface area contributed by atoms with E-state index in [4.69, 9.17) is 0 Å². The third-order valence-corrected chi connectivity index (χ3v) is 4.33. The maximum atomic E-state index is 4.53. The Balaban J connectivity index is 1.56. The Kier molecular flexibility index (Phi) is 3.73. The van der Waals surface area contributed by atoms with Gasteiger partial charge in [0.05, 0.1) is 11.9 Å². The van der Waals surface area contributed by atoms with Crippen LogP contribution in [0.15, 0.2) is 59.8 Å². The quantitative estimate of drug-likeness (QED) is 0.611. The van der Waals surface area contributed by atoms with Gasteiger partial charge >= 0.3 is 0 Å². The lowest BCUT2D eigenvalue weighted by atomic mass is 10.2. The van der Waals surface area contributed by atoms with Crippen LogP contribution in [0.2, 0.25) is 0 Å². The van der Waals surface area contributed by atoms with Gasteiger partial charge in [-0.3, -0.25) is 9.38 Å². The molecule has 0 unspecified atom stereocenters. The van der Waals surface area contributed by atoms with E-state index >= 15 is 0 Å². The molecule has 4 aromatic heterocycles. The van der Waals surface area contributed by atoms with Gasteiger partial charge in [0.15, 0.2) is 11.5 Å². The van der Waals surface area contributed by atoms with Crippen molar-refractivity contribution >= 4 is 22.8 Å². The van der Waals surface area contributed by atoms with E-state index in [-0.39, 0.29) is 0 Å². The maximum Gasteiger partial charge on any atom is 0.180 e. The van der Waals surface area contributed by atoms with Crippen molar-refractivity contribution < 1.29 is 0 Å². The van der Waals surface area contributed by atoms with Crippen LogP contribution in [0.4, 0.5) is 5.82 Å². The van der Waals surface area contributed by atoms with E-state index in [0.717, 1.165) is 35.8 Å². The number of pyridine rings is 1. The van der Waals surface area contributed by atoms with Crippen molar-refractivity contribution in [2.75, 3.05) is 11.9 Å². The molecule has 4 rings (SSSR count). The third-order valence-electron chi connectivity index (χ3n) is 3.64. The van der Waals surface area contributed by atoms with Crippen molar-refractivity contribution in [2.24, 2.45) is 0 Å². The zero-order valence-corrected chi connectivity index (χ0v) is 13.2. The fourth-order valence-corrected chi connectivity index (χ4v) is 3.17. The number of hydrogen-bond acceptors (Lipinski definition) is 5. The summed E-state index contributed by atoms with van der Waals surface area (Å²) < 4.78 is 2.07. The first-order valence-corrected chi connectivity index (χ1v) is 8.34. The minimum atomic E-state index is 0.768. The Morgan fingerprint density at radius 1 is 1.09 bits per heavy atom. The highest BCUT2D eigenvalue weighted by Crippen LogP contribution is 2.25. The smallest absolute Gasteiger partial charge is 0.180 e. The minimum absolute atomic E-state index is 0.768. The Morgan fingerprint density at radius 3 is 2.91 bits per heavy atom. The molecular formula is C17H15N5S. The standard InChI is InChI=1S/C17H15N5S/c1-2-6-18-14(3-1)4-7-19-16-17-21-11-15(13-5-10-23-12-13)22(17)9-8-20-16/h1-3,5-6,8-12H,4,7H2,(H,19,20). The molecule has 0 saturated heterocycles. The van der Waals surface area contributed by atoms with Gasteiger partial charge in [-0.2, -0.15) is 11.3 Å². The largest absolute Gasteiger partial charge is 0.367 e. The van der Waals surface area contributed by atoms with E-state index in [1.807, 2.05) is 36.8 Å². The summed E-state index contributed by atoms with van der Waals surface area (Å²) in [7, 11) is 0. The molecule has 0 saturated carbocycles.